The van der Waals surface area contributed by atoms with Gasteiger partial charge in [0.15, 0.2) is 0 Å². The molecule has 28 heavy (non-hydrogen) atoms. The van der Waals surface area contributed by atoms with E-state index in [9.17, 15) is 4.79 Å². The number of likely N-dealkylation sites (N-methyl/N-ethyl adjacent to an activating group) is 1. The molecule has 0 spiro atoms. The first-order valence-electron chi connectivity index (χ1n) is 9.66. The summed E-state index contributed by atoms with van der Waals surface area (Å²) in [7, 11) is 1.60. The number of benzene rings is 2. The minimum atomic E-state index is -0.284. The van der Waals surface area contributed by atoms with E-state index in [-0.39, 0.29) is 6.03 Å². The predicted octanol–water partition coefficient (Wildman–Crippen LogP) is 4.64. The molecule has 3 aromatic rings. The van der Waals surface area contributed by atoms with Gasteiger partial charge in [-0.25, -0.2) is 4.79 Å². The zero-order chi connectivity index (χ0) is 19.9. The highest BCUT2D eigenvalue weighted by molar-refractivity contribution is 6.01. The first-order valence-corrected chi connectivity index (χ1v) is 9.66. The molecule has 6 nitrogen and oxygen atoms in total. The summed E-state index contributed by atoms with van der Waals surface area (Å²) in [5.41, 5.74) is 2.61. The van der Waals surface area contributed by atoms with E-state index in [2.05, 4.69) is 52.3 Å². The average Bonchev–Trinajstić information content (AvgIpc) is 3.11. The second-order valence-corrected chi connectivity index (χ2v) is 6.62. The van der Waals surface area contributed by atoms with Crippen molar-refractivity contribution in [3.63, 3.8) is 0 Å². The van der Waals surface area contributed by atoms with Crippen molar-refractivity contribution in [3.05, 3.63) is 54.7 Å². The van der Waals surface area contributed by atoms with Gasteiger partial charge in [0.2, 0.25) is 0 Å². The van der Waals surface area contributed by atoms with Gasteiger partial charge in [0.25, 0.3) is 0 Å². The van der Waals surface area contributed by atoms with E-state index in [4.69, 9.17) is 4.74 Å². The lowest BCUT2D eigenvalue weighted by molar-refractivity contribution is 0.262. The van der Waals surface area contributed by atoms with Crippen LogP contribution in [0.25, 0.3) is 10.9 Å². The van der Waals surface area contributed by atoms with Crippen LogP contribution in [0.4, 0.5) is 16.2 Å². The topological polar surface area (TPSA) is 58.5 Å². The lowest BCUT2D eigenvalue weighted by Crippen LogP contribution is -2.26. The Balaban J connectivity index is 1.64. The Hall–Kier alpha value is -2.99. The van der Waals surface area contributed by atoms with E-state index in [1.54, 1.807) is 13.2 Å². The molecule has 0 fully saturated rings. The van der Waals surface area contributed by atoms with Gasteiger partial charge in [-0.3, -0.25) is 0 Å². The Kier molecular flexibility index (Phi) is 6.55. The Morgan fingerprint density at radius 2 is 1.79 bits per heavy atom. The number of nitrogens with one attached hydrogen (secondary N) is 2. The Morgan fingerprint density at radius 1 is 1.04 bits per heavy atom. The van der Waals surface area contributed by atoms with Crippen LogP contribution in [0.3, 0.4) is 0 Å². The molecular formula is C22H28N4O2. The molecule has 148 valence electrons. The number of hydrogen-bond donors (Lipinski definition) is 2. The molecule has 0 saturated carbocycles. The maximum atomic E-state index is 12.3. The summed E-state index contributed by atoms with van der Waals surface area (Å²) in [5.74, 6) is 0.699. The third-order valence-corrected chi connectivity index (χ3v) is 4.91. The number of fused-ring (bicyclic) bond motifs is 1. The van der Waals surface area contributed by atoms with Crippen molar-refractivity contribution in [2.75, 3.05) is 37.4 Å². The number of hydrogen-bond acceptors (Lipinski definition) is 3. The number of methoxy groups -OCH3 is 1. The third kappa shape index (κ3) is 4.84. The summed E-state index contributed by atoms with van der Waals surface area (Å²) in [6.07, 6.45) is 2.11. The van der Waals surface area contributed by atoms with Crippen LogP contribution in [0.15, 0.2) is 54.7 Å². The number of nitrogens with zero attached hydrogens (tertiary/aromatic N) is 2. The van der Waals surface area contributed by atoms with E-state index in [0.717, 1.165) is 37.3 Å². The van der Waals surface area contributed by atoms with Crippen LogP contribution >= 0.6 is 0 Å². The van der Waals surface area contributed by atoms with Crippen LogP contribution < -0.4 is 15.4 Å². The van der Waals surface area contributed by atoms with Gasteiger partial charge in [-0.15, -0.1) is 0 Å². The Bertz CT molecular complexity index is 931. The lowest BCUT2D eigenvalue weighted by Gasteiger charge is -2.18. The molecule has 1 aromatic heterocycles. The molecular weight excluding hydrogens is 352 g/mol. The molecule has 1 heterocycles. The molecule has 0 atom stereocenters. The van der Waals surface area contributed by atoms with Gasteiger partial charge in [-0.1, -0.05) is 19.9 Å². The number of amides is 2. The second kappa shape index (κ2) is 9.28. The molecule has 2 aromatic carbocycles. The van der Waals surface area contributed by atoms with Crippen LogP contribution in [0.2, 0.25) is 0 Å². The predicted molar refractivity (Wildman–Crippen MR) is 115 cm³/mol. The van der Waals surface area contributed by atoms with Crippen molar-refractivity contribution in [1.29, 1.82) is 0 Å². The summed E-state index contributed by atoms with van der Waals surface area (Å²) >= 11 is 0. The van der Waals surface area contributed by atoms with Crippen LogP contribution in [0.5, 0.6) is 5.75 Å². The van der Waals surface area contributed by atoms with Crippen LogP contribution in [0, 0.1) is 0 Å². The lowest BCUT2D eigenvalue weighted by atomic mass is 10.2. The van der Waals surface area contributed by atoms with Gasteiger partial charge in [0.05, 0.1) is 7.11 Å². The fraction of sp³-hybridized carbons (Fsp3) is 0.318. The number of ether oxygens (including phenoxy) is 1. The van der Waals surface area contributed by atoms with Crippen LogP contribution in [-0.2, 0) is 6.54 Å². The van der Waals surface area contributed by atoms with Gasteiger partial charge in [-0.05, 0) is 49.5 Å². The number of rotatable bonds is 8. The summed E-state index contributed by atoms with van der Waals surface area (Å²) in [4.78, 5) is 14.7. The van der Waals surface area contributed by atoms with Crippen LogP contribution in [-0.4, -0.2) is 42.2 Å². The molecule has 2 amide bonds. The Morgan fingerprint density at radius 3 is 2.50 bits per heavy atom. The van der Waals surface area contributed by atoms with Crippen molar-refractivity contribution < 1.29 is 9.53 Å². The minimum Gasteiger partial charge on any atom is -0.497 e. The molecule has 3 rings (SSSR count). The quantitative estimate of drug-likeness (QED) is 0.599. The Labute approximate surface area is 166 Å². The summed E-state index contributed by atoms with van der Waals surface area (Å²) in [5, 5.41) is 6.82. The van der Waals surface area contributed by atoms with E-state index in [0.29, 0.717) is 11.4 Å². The molecule has 0 aliphatic heterocycles. The van der Waals surface area contributed by atoms with E-state index < -0.39 is 0 Å². The molecule has 2 N–H and O–H groups in total. The van der Waals surface area contributed by atoms with Crippen molar-refractivity contribution in [2.45, 2.75) is 20.4 Å². The number of aromatic nitrogens is 1. The number of carbonyl (C=O) groups is 1. The van der Waals surface area contributed by atoms with Gasteiger partial charge in [0.1, 0.15) is 5.75 Å². The van der Waals surface area contributed by atoms with Crippen molar-refractivity contribution in [2.24, 2.45) is 0 Å². The highest BCUT2D eigenvalue weighted by Gasteiger charge is 2.07. The van der Waals surface area contributed by atoms with E-state index in [1.807, 2.05) is 30.3 Å². The summed E-state index contributed by atoms with van der Waals surface area (Å²) in [6.45, 7) is 8.48. The monoisotopic (exact) mass is 380 g/mol. The second-order valence-electron chi connectivity index (χ2n) is 6.62. The smallest absolute Gasteiger partial charge is 0.323 e. The SMILES string of the molecule is CCN(CC)CCn1ccc2cc(NC(=O)Nc3cccc(OC)c3)ccc21. The largest absolute Gasteiger partial charge is 0.497 e. The maximum absolute atomic E-state index is 12.3. The zero-order valence-electron chi connectivity index (χ0n) is 16.7. The minimum absolute atomic E-state index is 0.284. The van der Waals surface area contributed by atoms with Crippen molar-refractivity contribution >= 4 is 28.3 Å². The highest BCUT2D eigenvalue weighted by atomic mass is 16.5. The summed E-state index contributed by atoms with van der Waals surface area (Å²) in [6, 6.07) is 15.1. The standard InChI is InChI=1S/C22H28N4O2/c1-4-25(5-2)13-14-26-12-11-17-15-19(9-10-21(17)26)24-22(27)23-18-7-6-8-20(16-18)28-3/h6-12,15-16H,4-5,13-14H2,1-3H3,(H2,23,24,27). The number of anilines is 2. The van der Waals surface area contributed by atoms with Crippen molar-refractivity contribution in [3.8, 4) is 5.75 Å². The fourth-order valence-electron chi connectivity index (χ4n) is 3.26. The van der Waals surface area contributed by atoms with Crippen molar-refractivity contribution in [1.82, 2.24) is 9.47 Å². The average molecular weight is 380 g/mol. The molecule has 6 heteroatoms. The van der Waals surface area contributed by atoms with Crippen LogP contribution in [0.1, 0.15) is 13.8 Å². The highest BCUT2D eigenvalue weighted by Crippen LogP contribution is 2.21. The van der Waals surface area contributed by atoms with E-state index in [1.165, 1.54) is 5.52 Å². The van der Waals surface area contributed by atoms with Gasteiger partial charge in [0, 0.05) is 47.6 Å². The zero-order valence-corrected chi connectivity index (χ0v) is 16.7. The maximum Gasteiger partial charge on any atom is 0.323 e. The summed E-state index contributed by atoms with van der Waals surface area (Å²) < 4.78 is 7.43. The van der Waals surface area contributed by atoms with Gasteiger partial charge < -0.3 is 24.8 Å². The fourth-order valence-corrected chi connectivity index (χ4v) is 3.26. The molecule has 0 aliphatic carbocycles. The molecule has 0 aliphatic rings. The van der Waals surface area contributed by atoms with E-state index >= 15 is 0 Å². The first kappa shape index (κ1) is 19.8. The normalized spacial score (nSPS) is 11.0. The van der Waals surface area contributed by atoms with Gasteiger partial charge >= 0.3 is 6.03 Å². The number of carbonyl (C=O) groups excluding carboxylic acids is 1. The molecule has 0 unspecified atom stereocenters. The first-order chi connectivity index (χ1) is 13.6. The third-order valence-electron chi connectivity index (χ3n) is 4.91. The molecule has 0 saturated heterocycles. The molecule has 0 bridgehead atoms. The number of urea groups is 1. The van der Waals surface area contributed by atoms with Gasteiger partial charge in [-0.2, -0.15) is 0 Å². The molecule has 0 radical (unpaired) electrons.